The van der Waals surface area contributed by atoms with Gasteiger partial charge in [0, 0.05) is 28.4 Å². The summed E-state index contributed by atoms with van der Waals surface area (Å²) in [5, 5.41) is 0.387. The summed E-state index contributed by atoms with van der Waals surface area (Å²) in [5.74, 6) is 2.13. The van der Waals surface area contributed by atoms with E-state index < -0.39 is 8.18 Å². The molecule has 1 atom stereocenters. The second-order valence-electron chi connectivity index (χ2n) is 8.40. The van der Waals surface area contributed by atoms with Crippen LogP contribution in [0, 0.1) is 0 Å². The number of nitrogens with two attached hydrogens (primary N) is 1. The molecule has 35 heavy (non-hydrogen) atoms. The standard InChI is InChI=1S/C23H21ClN4O3P.C3H8/c24-22-21-20(27-23(16-7-4-8-16)28(21)12-11-26-22)17-9-10-18(31-32(25)29)19(13-17)30-14-15-5-2-1-3-6-15;1-3-2/h1-3,5-6,9-13,16H,4,7-8,14H2,(H2,25,29);3H2,1-2H3/q+1;. The molecule has 0 saturated heterocycles. The van der Waals surface area contributed by atoms with Crippen molar-refractivity contribution in [3.63, 3.8) is 0 Å². The Bertz CT molecular complexity index is 1310. The molecule has 7 nitrogen and oxygen atoms in total. The van der Waals surface area contributed by atoms with E-state index in [0.29, 0.717) is 29.2 Å². The summed E-state index contributed by atoms with van der Waals surface area (Å²) in [5.41, 5.74) is 8.66. The molecule has 2 aromatic carbocycles. The van der Waals surface area contributed by atoms with E-state index in [-0.39, 0.29) is 0 Å². The minimum atomic E-state index is -2.34. The minimum absolute atomic E-state index is 0.306. The number of hydrogen-bond acceptors (Lipinski definition) is 5. The van der Waals surface area contributed by atoms with Gasteiger partial charge in [-0.2, -0.15) is 0 Å². The smallest absolute Gasteiger partial charge is 0.485 e. The van der Waals surface area contributed by atoms with Crippen LogP contribution >= 0.6 is 19.8 Å². The molecule has 4 aromatic rings. The van der Waals surface area contributed by atoms with Crippen LogP contribution in [-0.4, -0.2) is 14.4 Å². The van der Waals surface area contributed by atoms with E-state index in [9.17, 15) is 4.57 Å². The molecular formula is C26H29ClN4O3P+. The van der Waals surface area contributed by atoms with Crippen LogP contribution < -0.4 is 14.8 Å². The van der Waals surface area contributed by atoms with Crippen LogP contribution in [-0.2, 0) is 11.2 Å². The number of rotatable bonds is 7. The Hall–Kier alpha value is -2.99. The fraction of sp³-hybridized carbons (Fsp3) is 0.308. The molecule has 0 spiro atoms. The van der Waals surface area contributed by atoms with Crippen LogP contribution in [0.1, 0.15) is 56.8 Å². The number of imidazole rings is 1. The fourth-order valence-electron chi connectivity index (χ4n) is 3.86. The highest BCUT2D eigenvalue weighted by Crippen LogP contribution is 2.41. The Morgan fingerprint density at radius 2 is 1.89 bits per heavy atom. The highest BCUT2D eigenvalue weighted by Gasteiger charge is 2.27. The third kappa shape index (κ3) is 5.81. The second kappa shape index (κ2) is 11.6. The first-order chi connectivity index (χ1) is 17.0. The molecule has 2 aromatic heterocycles. The number of hydrogen-bond donors (Lipinski definition) is 1. The molecule has 0 amide bonds. The molecule has 1 saturated carbocycles. The van der Waals surface area contributed by atoms with Gasteiger partial charge in [-0.25, -0.2) is 14.5 Å². The summed E-state index contributed by atoms with van der Waals surface area (Å²) in [6.45, 7) is 4.57. The van der Waals surface area contributed by atoms with Gasteiger partial charge in [-0.3, -0.25) is 4.40 Å². The monoisotopic (exact) mass is 511 g/mol. The Morgan fingerprint density at radius 1 is 1.14 bits per heavy atom. The molecule has 2 heterocycles. The fourth-order valence-corrected chi connectivity index (χ4v) is 4.44. The van der Waals surface area contributed by atoms with Crippen LogP contribution in [0.4, 0.5) is 0 Å². The van der Waals surface area contributed by atoms with Crippen molar-refractivity contribution < 1.29 is 13.8 Å². The third-order valence-electron chi connectivity index (χ3n) is 5.65. The molecule has 1 aliphatic rings. The van der Waals surface area contributed by atoms with Gasteiger partial charge in [-0.1, -0.05) is 74.1 Å². The zero-order chi connectivity index (χ0) is 24.8. The van der Waals surface area contributed by atoms with Crippen molar-refractivity contribution in [1.82, 2.24) is 14.4 Å². The zero-order valence-corrected chi connectivity index (χ0v) is 21.5. The molecule has 0 radical (unpaired) electrons. The summed E-state index contributed by atoms with van der Waals surface area (Å²) in [7, 11) is -2.34. The Kier molecular flexibility index (Phi) is 8.34. The number of ether oxygens (including phenoxy) is 1. The van der Waals surface area contributed by atoms with E-state index in [4.69, 9.17) is 31.3 Å². The predicted molar refractivity (Wildman–Crippen MR) is 139 cm³/mol. The first kappa shape index (κ1) is 25.1. The first-order valence-corrected chi connectivity index (χ1v) is 13.4. The summed E-state index contributed by atoms with van der Waals surface area (Å²) in [6, 6.07) is 15.1. The predicted octanol–water partition coefficient (Wildman–Crippen LogP) is 7.31. The number of halogens is 1. The van der Waals surface area contributed by atoms with Gasteiger partial charge in [0.1, 0.15) is 17.9 Å². The topological polar surface area (TPSA) is 91.7 Å². The summed E-state index contributed by atoms with van der Waals surface area (Å²) >= 11 is 6.49. The number of nitrogens with zero attached hydrogens (tertiary/aromatic N) is 3. The van der Waals surface area contributed by atoms with Gasteiger partial charge in [0.2, 0.25) is 5.75 Å². The third-order valence-corrected chi connectivity index (χ3v) is 6.30. The first-order valence-electron chi connectivity index (χ1n) is 11.7. The Morgan fingerprint density at radius 3 is 2.54 bits per heavy atom. The Balaban J connectivity index is 0.000000917. The highest BCUT2D eigenvalue weighted by molar-refractivity contribution is 7.36. The van der Waals surface area contributed by atoms with Gasteiger partial charge >= 0.3 is 8.18 Å². The normalized spacial score (nSPS) is 13.5. The van der Waals surface area contributed by atoms with Crippen molar-refractivity contribution in [2.24, 2.45) is 5.50 Å². The lowest BCUT2D eigenvalue weighted by molar-refractivity contribution is 0.297. The van der Waals surface area contributed by atoms with Crippen LogP contribution in [0.2, 0.25) is 5.15 Å². The molecule has 2 N–H and O–H groups in total. The average Bonchev–Trinajstić information content (AvgIpc) is 3.19. The largest absolute Gasteiger partial charge is 0.661 e. The van der Waals surface area contributed by atoms with Gasteiger partial charge in [-0.05, 0) is 36.6 Å². The van der Waals surface area contributed by atoms with Crippen LogP contribution in [0.15, 0.2) is 60.9 Å². The van der Waals surface area contributed by atoms with Crippen molar-refractivity contribution in [2.75, 3.05) is 0 Å². The van der Waals surface area contributed by atoms with Crippen molar-refractivity contribution >= 4 is 25.3 Å². The van der Waals surface area contributed by atoms with Gasteiger partial charge in [0.05, 0.1) is 5.69 Å². The molecule has 0 aliphatic heterocycles. The van der Waals surface area contributed by atoms with E-state index in [0.717, 1.165) is 41.0 Å². The maximum Gasteiger partial charge on any atom is 0.661 e. The van der Waals surface area contributed by atoms with Crippen LogP contribution in [0.25, 0.3) is 16.8 Å². The van der Waals surface area contributed by atoms with Crippen LogP contribution in [0.5, 0.6) is 11.5 Å². The Labute approximate surface area is 211 Å². The van der Waals surface area contributed by atoms with Gasteiger partial charge in [-0.15, -0.1) is 0 Å². The number of fused-ring (bicyclic) bond motifs is 1. The summed E-state index contributed by atoms with van der Waals surface area (Å²) in [4.78, 5) is 9.21. The SMILES string of the molecule is CCC.N[P+](=O)Oc1ccc(-c2nc(C3CCC3)n3ccnc(Cl)c23)cc1OCc1ccccc1. The average molecular weight is 512 g/mol. The van der Waals surface area contributed by atoms with Crippen LogP contribution in [0.3, 0.4) is 0 Å². The maximum atomic E-state index is 11.5. The quantitative estimate of drug-likeness (QED) is 0.261. The number of benzene rings is 2. The zero-order valence-electron chi connectivity index (χ0n) is 19.9. The van der Waals surface area contributed by atoms with Crippen molar-refractivity contribution in [3.05, 3.63) is 77.5 Å². The lowest BCUT2D eigenvalue weighted by atomic mass is 9.85. The van der Waals surface area contributed by atoms with E-state index in [1.165, 1.54) is 12.8 Å². The van der Waals surface area contributed by atoms with Gasteiger partial charge in [0.15, 0.2) is 10.9 Å². The molecule has 0 bridgehead atoms. The minimum Gasteiger partial charge on any atom is -0.485 e. The van der Waals surface area contributed by atoms with Crippen molar-refractivity contribution in [2.45, 2.75) is 52.1 Å². The van der Waals surface area contributed by atoms with E-state index in [1.807, 2.05) is 53.1 Å². The summed E-state index contributed by atoms with van der Waals surface area (Å²) in [6.07, 6.45) is 8.26. The van der Waals surface area contributed by atoms with E-state index >= 15 is 0 Å². The molecule has 5 rings (SSSR count). The lowest BCUT2D eigenvalue weighted by Crippen LogP contribution is -2.12. The molecule has 1 fully saturated rings. The molecule has 9 heteroatoms. The molecule has 1 unspecified atom stereocenters. The summed E-state index contributed by atoms with van der Waals surface area (Å²) < 4.78 is 24.9. The molecule has 1 aliphatic carbocycles. The van der Waals surface area contributed by atoms with Crippen molar-refractivity contribution in [3.8, 4) is 22.8 Å². The van der Waals surface area contributed by atoms with E-state index in [1.54, 1.807) is 12.3 Å². The number of aromatic nitrogens is 3. The van der Waals surface area contributed by atoms with Gasteiger partial charge < -0.3 is 4.74 Å². The molecular weight excluding hydrogens is 483 g/mol. The van der Waals surface area contributed by atoms with E-state index in [2.05, 4.69) is 18.8 Å². The van der Waals surface area contributed by atoms with Crippen molar-refractivity contribution in [1.29, 1.82) is 0 Å². The molecule has 182 valence electrons. The van der Waals surface area contributed by atoms with Gasteiger partial charge in [0.25, 0.3) is 0 Å². The maximum absolute atomic E-state index is 11.5. The lowest BCUT2D eigenvalue weighted by Gasteiger charge is -2.23. The highest BCUT2D eigenvalue weighted by atomic mass is 35.5. The second-order valence-corrected chi connectivity index (χ2v) is 9.51.